The molecule has 0 spiro atoms. The SMILES string of the molecule is Cc1c(N)nc(C2CC2)nc1Nc1ccc(F)cc1. The molecule has 0 amide bonds. The lowest BCUT2D eigenvalue weighted by atomic mass is 10.2. The molecule has 0 radical (unpaired) electrons. The van der Waals surface area contributed by atoms with Gasteiger partial charge in [-0.25, -0.2) is 14.4 Å². The summed E-state index contributed by atoms with van der Waals surface area (Å²) in [6.07, 6.45) is 2.25. The fourth-order valence-corrected chi connectivity index (χ4v) is 1.87. The third kappa shape index (κ3) is 2.50. The van der Waals surface area contributed by atoms with Crippen LogP contribution in [0.25, 0.3) is 0 Å². The summed E-state index contributed by atoms with van der Waals surface area (Å²) in [6, 6.07) is 6.15. The summed E-state index contributed by atoms with van der Waals surface area (Å²) in [5.41, 5.74) is 7.51. The third-order valence-corrected chi connectivity index (χ3v) is 3.25. The van der Waals surface area contributed by atoms with Gasteiger partial charge in [0.1, 0.15) is 23.3 Å². The number of hydrogen-bond acceptors (Lipinski definition) is 4. The maximum atomic E-state index is 12.9. The van der Waals surface area contributed by atoms with Crippen molar-refractivity contribution in [1.29, 1.82) is 0 Å². The Kier molecular flexibility index (Phi) is 2.81. The minimum atomic E-state index is -0.261. The average molecular weight is 258 g/mol. The number of anilines is 3. The van der Waals surface area contributed by atoms with Gasteiger partial charge in [0.25, 0.3) is 0 Å². The summed E-state index contributed by atoms with van der Waals surface area (Å²) < 4.78 is 12.9. The van der Waals surface area contributed by atoms with Gasteiger partial charge in [0.15, 0.2) is 0 Å². The quantitative estimate of drug-likeness (QED) is 0.887. The van der Waals surface area contributed by atoms with Crippen LogP contribution in [0.3, 0.4) is 0 Å². The molecule has 3 N–H and O–H groups in total. The Bertz CT molecular complexity index is 606. The van der Waals surface area contributed by atoms with Gasteiger partial charge in [0, 0.05) is 17.2 Å². The van der Waals surface area contributed by atoms with Crippen molar-refractivity contribution in [2.45, 2.75) is 25.7 Å². The number of benzene rings is 1. The van der Waals surface area contributed by atoms with E-state index in [-0.39, 0.29) is 5.82 Å². The Labute approximate surface area is 110 Å². The lowest BCUT2D eigenvalue weighted by Crippen LogP contribution is -2.06. The third-order valence-electron chi connectivity index (χ3n) is 3.25. The summed E-state index contributed by atoms with van der Waals surface area (Å²) >= 11 is 0. The molecular weight excluding hydrogens is 243 g/mol. The van der Waals surface area contributed by atoms with Crippen LogP contribution in [0.4, 0.5) is 21.7 Å². The number of hydrogen-bond donors (Lipinski definition) is 2. The number of nitrogens with two attached hydrogens (primary N) is 1. The van der Waals surface area contributed by atoms with E-state index in [9.17, 15) is 4.39 Å². The van der Waals surface area contributed by atoms with Crippen molar-refractivity contribution in [3.8, 4) is 0 Å². The number of nitrogens with zero attached hydrogens (tertiary/aromatic N) is 2. The zero-order chi connectivity index (χ0) is 13.4. The lowest BCUT2D eigenvalue weighted by Gasteiger charge is -2.11. The van der Waals surface area contributed by atoms with E-state index in [1.54, 1.807) is 12.1 Å². The highest BCUT2D eigenvalue weighted by atomic mass is 19.1. The predicted molar refractivity (Wildman–Crippen MR) is 72.8 cm³/mol. The molecule has 5 heteroatoms. The first-order valence-electron chi connectivity index (χ1n) is 6.30. The van der Waals surface area contributed by atoms with Gasteiger partial charge in [-0.15, -0.1) is 0 Å². The van der Waals surface area contributed by atoms with Crippen molar-refractivity contribution >= 4 is 17.3 Å². The van der Waals surface area contributed by atoms with Crippen LogP contribution in [-0.2, 0) is 0 Å². The Morgan fingerprint density at radius 2 is 1.89 bits per heavy atom. The normalized spacial score (nSPS) is 14.4. The molecule has 2 aromatic rings. The predicted octanol–water partition coefficient (Wildman–Crippen LogP) is 3.13. The highest BCUT2D eigenvalue weighted by molar-refractivity contribution is 5.63. The molecule has 1 aliphatic rings. The first kappa shape index (κ1) is 11.9. The zero-order valence-corrected chi connectivity index (χ0v) is 10.7. The van der Waals surface area contributed by atoms with Crippen LogP contribution in [0.2, 0.25) is 0 Å². The van der Waals surface area contributed by atoms with Gasteiger partial charge in [0.05, 0.1) is 0 Å². The second-order valence-corrected chi connectivity index (χ2v) is 4.85. The van der Waals surface area contributed by atoms with Crippen molar-refractivity contribution in [3.63, 3.8) is 0 Å². The van der Waals surface area contributed by atoms with E-state index >= 15 is 0 Å². The lowest BCUT2D eigenvalue weighted by molar-refractivity contribution is 0.628. The van der Waals surface area contributed by atoms with E-state index in [1.165, 1.54) is 12.1 Å². The maximum absolute atomic E-state index is 12.9. The van der Waals surface area contributed by atoms with Crippen molar-refractivity contribution in [2.24, 2.45) is 0 Å². The first-order valence-corrected chi connectivity index (χ1v) is 6.30. The van der Waals surface area contributed by atoms with Crippen molar-refractivity contribution in [3.05, 3.63) is 41.5 Å². The Morgan fingerprint density at radius 3 is 2.53 bits per heavy atom. The van der Waals surface area contributed by atoms with Crippen LogP contribution >= 0.6 is 0 Å². The molecule has 0 bridgehead atoms. The van der Waals surface area contributed by atoms with Crippen LogP contribution in [0.15, 0.2) is 24.3 Å². The zero-order valence-electron chi connectivity index (χ0n) is 10.7. The van der Waals surface area contributed by atoms with E-state index in [2.05, 4.69) is 15.3 Å². The second kappa shape index (κ2) is 4.50. The van der Waals surface area contributed by atoms with Gasteiger partial charge < -0.3 is 11.1 Å². The van der Waals surface area contributed by atoms with Gasteiger partial charge >= 0.3 is 0 Å². The second-order valence-electron chi connectivity index (χ2n) is 4.85. The monoisotopic (exact) mass is 258 g/mol. The summed E-state index contributed by atoms with van der Waals surface area (Å²) in [5, 5.41) is 3.17. The smallest absolute Gasteiger partial charge is 0.139 e. The molecule has 1 heterocycles. The van der Waals surface area contributed by atoms with Crippen LogP contribution < -0.4 is 11.1 Å². The van der Waals surface area contributed by atoms with E-state index in [0.717, 1.165) is 29.9 Å². The van der Waals surface area contributed by atoms with Crippen molar-refractivity contribution < 1.29 is 4.39 Å². The molecule has 1 aliphatic carbocycles. The molecule has 1 fully saturated rings. The minimum absolute atomic E-state index is 0.261. The molecule has 0 aliphatic heterocycles. The molecular formula is C14H15FN4. The molecule has 0 saturated heterocycles. The molecule has 1 aromatic carbocycles. The van der Waals surface area contributed by atoms with Crippen LogP contribution in [-0.4, -0.2) is 9.97 Å². The van der Waals surface area contributed by atoms with Gasteiger partial charge in [-0.2, -0.15) is 0 Å². The fourth-order valence-electron chi connectivity index (χ4n) is 1.87. The average Bonchev–Trinajstić information content (AvgIpc) is 3.21. The molecule has 0 unspecified atom stereocenters. The van der Waals surface area contributed by atoms with Crippen molar-refractivity contribution in [2.75, 3.05) is 11.1 Å². The standard InChI is InChI=1S/C14H15FN4/c1-8-12(16)18-14(9-2-3-9)19-13(8)17-11-6-4-10(15)5-7-11/h4-7,9H,2-3H2,1H3,(H3,16,17,18,19). The van der Waals surface area contributed by atoms with Gasteiger partial charge in [0.2, 0.25) is 0 Å². The minimum Gasteiger partial charge on any atom is -0.383 e. The van der Waals surface area contributed by atoms with Crippen LogP contribution in [0.5, 0.6) is 0 Å². The van der Waals surface area contributed by atoms with Crippen LogP contribution in [0, 0.1) is 12.7 Å². The number of aromatic nitrogens is 2. The summed E-state index contributed by atoms with van der Waals surface area (Å²) in [4.78, 5) is 8.83. The number of nitrogen functional groups attached to an aromatic ring is 1. The largest absolute Gasteiger partial charge is 0.383 e. The number of halogens is 1. The van der Waals surface area contributed by atoms with Gasteiger partial charge in [-0.05, 0) is 44.0 Å². The highest BCUT2D eigenvalue weighted by Gasteiger charge is 2.27. The van der Waals surface area contributed by atoms with Crippen LogP contribution in [0.1, 0.15) is 30.1 Å². The summed E-state index contributed by atoms with van der Waals surface area (Å²) in [7, 11) is 0. The van der Waals surface area contributed by atoms with E-state index in [0.29, 0.717) is 17.6 Å². The topological polar surface area (TPSA) is 63.8 Å². The first-order chi connectivity index (χ1) is 9.13. The summed E-state index contributed by atoms with van der Waals surface area (Å²) in [5.74, 6) is 2.18. The van der Waals surface area contributed by atoms with Gasteiger partial charge in [-0.3, -0.25) is 0 Å². The van der Waals surface area contributed by atoms with Crippen molar-refractivity contribution in [1.82, 2.24) is 9.97 Å². The molecule has 1 aromatic heterocycles. The Balaban J connectivity index is 1.92. The Morgan fingerprint density at radius 1 is 1.21 bits per heavy atom. The fraction of sp³-hybridized carbons (Fsp3) is 0.286. The molecule has 1 saturated carbocycles. The molecule has 3 rings (SSSR count). The number of nitrogens with one attached hydrogen (secondary N) is 1. The molecule has 0 atom stereocenters. The number of rotatable bonds is 3. The van der Waals surface area contributed by atoms with E-state index in [1.807, 2.05) is 6.92 Å². The Hall–Kier alpha value is -2.17. The van der Waals surface area contributed by atoms with E-state index in [4.69, 9.17) is 5.73 Å². The van der Waals surface area contributed by atoms with Gasteiger partial charge in [-0.1, -0.05) is 0 Å². The summed E-state index contributed by atoms with van der Waals surface area (Å²) in [6.45, 7) is 1.87. The molecule has 19 heavy (non-hydrogen) atoms. The highest BCUT2D eigenvalue weighted by Crippen LogP contribution is 2.39. The molecule has 98 valence electrons. The molecule has 4 nitrogen and oxygen atoms in total. The van der Waals surface area contributed by atoms with E-state index < -0.39 is 0 Å². The maximum Gasteiger partial charge on any atom is 0.139 e.